The summed E-state index contributed by atoms with van der Waals surface area (Å²) in [6.45, 7) is 5.27. The van der Waals surface area contributed by atoms with Crippen LogP contribution in [0, 0.1) is 36.7 Å². The fraction of sp³-hybridized carbons (Fsp3) is 0.143. The van der Waals surface area contributed by atoms with Crippen molar-refractivity contribution in [3.05, 3.63) is 92.5 Å². The van der Waals surface area contributed by atoms with Crippen molar-refractivity contribution in [1.29, 1.82) is 0 Å². The van der Waals surface area contributed by atoms with Gasteiger partial charge in [-0.1, -0.05) is 18.2 Å². The highest BCUT2D eigenvalue weighted by Gasteiger charge is 2.15. The van der Waals surface area contributed by atoms with Crippen molar-refractivity contribution in [2.75, 3.05) is 0 Å². The van der Waals surface area contributed by atoms with Crippen molar-refractivity contribution < 1.29 is 14.1 Å². The van der Waals surface area contributed by atoms with E-state index in [4.69, 9.17) is 0 Å². The smallest absolute Gasteiger partial charge is 0.273 e. The number of hydrazone groups is 1. The number of aromatic nitrogens is 1. The molecule has 1 aromatic heterocycles. The first-order valence-corrected chi connectivity index (χ1v) is 8.82. The van der Waals surface area contributed by atoms with Gasteiger partial charge in [-0.15, -0.1) is 0 Å². The molecule has 1 amide bonds. The summed E-state index contributed by atoms with van der Waals surface area (Å²) in [4.78, 5) is 22.7. The van der Waals surface area contributed by atoms with Crippen molar-refractivity contribution in [3.63, 3.8) is 0 Å². The standard InChI is InChI=1S/C21H19FN4O3/c1-13-8-9-16(11-20(13)26(28)29)21(27)24-23-12-17-10-14(2)25(15(17)3)19-7-5-4-6-18(19)22/h4-12H,1-3H3,(H,24,27)/b23-12+. The van der Waals surface area contributed by atoms with Crippen LogP contribution in [0.5, 0.6) is 0 Å². The zero-order valence-electron chi connectivity index (χ0n) is 16.1. The van der Waals surface area contributed by atoms with E-state index in [1.807, 2.05) is 19.9 Å². The first-order chi connectivity index (χ1) is 13.8. The minimum absolute atomic E-state index is 0.130. The minimum atomic E-state index is -0.563. The number of amides is 1. The van der Waals surface area contributed by atoms with Gasteiger partial charge in [-0.2, -0.15) is 5.10 Å². The maximum atomic E-state index is 14.1. The van der Waals surface area contributed by atoms with Crippen LogP contribution < -0.4 is 5.43 Å². The highest BCUT2D eigenvalue weighted by molar-refractivity contribution is 5.95. The van der Waals surface area contributed by atoms with Crippen molar-refractivity contribution in [3.8, 4) is 5.69 Å². The molecule has 0 spiro atoms. The zero-order valence-corrected chi connectivity index (χ0v) is 16.1. The maximum absolute atomic E-state index is 14.1. The molecule has 29 heavy (non-hydrogen) atoms. The van der Waals surface area contributed by atoms with Gasteiger partial charge in [-0.3, -0.25) is 14.9 Å². The molecular formula is C21H19FN4O3. The summed E-state index contributed by atoms with van der Waals surface area (Å²) in [7, 11) is 0. The molecule has 0 radical (unpaired) electrons. The van der Waals surface area contributed by atoms with E-state index >= 15 is 0 Å². The third-order valence-corrected chi connectivity index (χ3v) is 4.60. The number of para-hydroxylation sites is 1. The van der Waals surface area contributed by atoms with Crippen LogP contribution >= 0.6 is 0 Å². The number of halogens is 1. The van der Waals surface area contributed by atoms with Gasteiger partial charge in [-0.05, 0) is 45.0 Å². The molecule has 0 aliphatic rings. The molecule has 0 unspecified atom stereocenters. The van der Waals surface area contributed by atoms with E-state index in [1.165, 1.54) is 30.5 Å². The largest absolute Gasteiger partial charge is 0.315 e. The lowest BCUT2D eigenvalue weighted by molar-refractivity contribution is -0.385. The van der Waals surface area contributed by atoms with Gasteiger partial charge in [0.15, 0.2) is 0 Å². The Labute approximate surface area is 166 Å². The zero-order chi connectivity index (χ0) is 21.1. The number of nitro groups is 1. The highest BCUT2D eigenvalue weighted by atomic mass is 19.1. The van der Waals surface area contributed by atoms with Crippen LogP contribution in [0.25, 0.3) is 5.69 Å². The lowest BCUT2D eigenvalue weighted by Gasteiger charge is -2.10. The molecule has 0 saturated carbocycles. The molecular weight excluding hydrogens is 375 g/mol. The maximum Gasteiger partial charge on any atom is 0.273 e. The number of hydrogen-bond donors (Lipinski definition) is 1. The number of benzene rings is 2. The monoisotopic (exact) mass is 394 g/mol. The van der Waals surface area contributed by atoms with Gasteiger partial charge in [-0.25, -0.2) is 9.82 Å². The molecule has 0 saturated heterocycles. The summed E-state index contributed by atoms with van der Waals surface area (Å²) in [5, 5.41) is 15.0. The number of hydrogen-bond acceptors (Lipinski definition) is 4. The molecule has 3 rings (SSSR count). The number of rotatable bonds is 5. The predicted molar refractivity (Wildman–Crippen MR) is 108 cm³/mol. The van der Waals surface area contributed by atoms with E-state index in [-0.39, 0.29) is 17.1 Å². The Hall–Kier alpha value is -3.81. The van der Waals surface area contributed by atoms with E-state index < -0.39 is 10.8 Å². The van der Waals surface area contributed by atoms with Crippen LogP contribution in [0.3, 0.4) is 0 Å². The number of aryl methyl sites for hydroxylation is 2. The number of carbonyl (C=O) groups is 1. The van der Waals surface area contributed by atoms with Crippen molar-refractivity contribution in [2.45, 2.75) is 20.8 Å². The first kappa shape index (κ1) is 19.9. The lowest BCUT2D eigenvalue weighted by Crippen LogP contribution is -2.18. The summed E-state index contributed by atoms with van der Waals surface area (Å²) in [5.41, 5.74) is 5.55. The SMILES string of the molecule is Cc1ccc(C(=O)N/N=C/c2cc(C)n(-c3ccccc3F)c2C)cc1[N+](=O)[O-]. The van der Waals surface area contributed by atoms with Crippen molar-refractivity contribution >= 4 is 17.8 Å². The van der Waals surface area contributed by atoms with Crippen LogP contribution in [-0.2, 0) is 0 Å². The topological polar surface area (TPSA) is 89.5 Å². The number of nitrogens with one attached hydrogen (secondary N) is 1. The third kappa shape index (κ3) is 4.06. The summed E-state index contributed by atoms with van der Waals surface area (Å²) >= 11 is 0. The quantitative estimate of drug-likeness (QED) is 0.399. The van der Waals surface area contributed by atoms with Gasteiger partial charge < -0.3 is 4.57 Å². The van der Waals surface area contributed by atoms with Crippen molar-refractivity contribution in [2.24, 2.45) is 5.10 Å². The molecule has 1 heterocycles. The Bertz CT molecular complexity index is 1130. The Morgan fingerprint density at radius 1 is 1.17 bits per heavy atom. The van der Waals surface area contributed by atoms with Crippen molar-refractivity contribution in [1.82, 2.24) is 9.99 Å². The lowest BCUT2D eigenvalue weighted by atomic mass is 10.1. The summed E-state index contributed by atoms with van der Waals surface area (Å²) in [6, 6.07) is 12.5. The predicted octanol–water partition coefficient (Wildman–Crippen LogP) is 4.21. The van der Waals surface area contributed by atoms with E-state index in [2.05, 4.69) is 10.5 Å². The minimum Gasteiger partial charge on any atom is -0.315 e. The van der Waals surface area contributed by atoms with Gasteiger partial charge in [0.05, 0.1) is 16.8 Å². The molecule has 2 aromatic carbocycles. The third-order valence-electron chi connectivity index (χ3n) is 4.60. The molecule has 0 atom stereocenters. The summed E-state index contributed by atoms with van der Waals surface area (Å²) in [5.74, 6) is -0.903. The normalized spacial score (nSPS) is 11.0. The van der Waals surface area contributed by atoms with E-state index in [0.29, 0.717) is 16.8 Å². The molecule has 0 aliphatic heterocycles. The van der Waals surface area contributed by atoms with Crippen LogP contribution in [0.1, 0.15) is 32.9 Å². The average Bonchev–Trinajstić information content (AvgIpc) is 2.96. The molecule has 8 heteroatoms. The summed E-state index contributed by atoms with van der Waals surface area (Å²) in [6.07, 6.45) is 1.46. The Kier molecular flexibility index (Phi) is 5.54. The van der Waals surface area contributed by atoms with Gasteiger partial charge in [0.2, 0.25) is 0 Å². The Morgan fingerprint density at radius 3 is 2.59 bits per heavy atom. The second-order valence-corrected chi connectivity index (χ2v) is 6.57. The molecule has 0 bridgehead atoms. The second kappa shape index (κ2) is 8.05. The van der Waals surface area contributed by atoms with E-state index in [9.17, 15) is 19.3 Å². The first-order valence-electron chi connectivity index (χ1n) is 8.82. The van der Waals surface area contributed by atoms with Crippen LogP contribution in [-0.4, -0.2) is 21.6 Å². The number of nitrogens with zero attached hydrogens (tertiary/aromatic N) is 3. The number of carbonyl (C=O) groups excluding carboxylic acids is 1. The van der Waals surface area contributed by atoms with Gasteiger partial charge in [0.1, 0.15) is 5.82 Å². The second-order valence-electron chi connectivity index (χ2n) is 6.57. The summed E-state index contributed by atoms with van der Waals surface area (Å²) < 4.78 is 15.9. The molecule has 0 fully saturated rings. The Morgan fingerprint density at radius 2 is 1.90 bits per heavy atom. The Balaban J connectivity index is 1.80. The van der Waals surface area contributed by atoms with Crippen LogP contribution in [0.4, 0.5) is 10.1 Å². The van der Waals surface area contributed by atoms with Crippen LogP contribution in [0.15, 0.2) is 53.6 Å². The van der Waals surface area contributed by atoms with Gasteiger partial charge >= 0.3 is 0 Å². The van der Waals surface area contributed by atoms with Crippen LogP contribution in [0.2, 0.25) is 0 Å². The molecule has 0 aliphatic carbocycles. The van der Waals surface area contributed by atoms with E-state index in [1.54, 1.807) is 29.7 Å². The van der Waals surface area contributed by atoms with E-state index in [0.717, 1.165) is 11.4 Å². The molecule has 148 valence electrons. The molecule has 3 aromatic rings. The molecule has 1 N–H and O–H groups in total. The van der Waals surface area contributed by atoms with Gasteiger partial charge in [0.25, 0.3) is 11.6 Å². The fourth-order valence-electron chi connectivity index (χ4n) is 3.09. The number of nitro benzene ring substituents is 1. The molecule has 7 nitrogen and oxygen atoms in total. The average molecular weight is 394 g/mol. The fourth-order valence-corrected chi connectivity index (χ4v) is 3.09. The highest BCUT2D eigenvalue weighted by Crippen LogP contribution is 2.22. The van der Waals surface area contributed by atoms with Gasteiger partial charge in [0, 0.05) is 34.1 Å².